The van der Waals surface area contributed by atoms with Gasteiger partial charge >= 0.3 is 5.97 Å². The van der Waals surface area contributed by atoms with Gasteiger partial charge in [0.05, 0.1) is 39.4 Å². The fraction of sp³-hybridized carbons (Fsp3) is 0.294. The summed E-state index contributed by atoms with van der Waals surface area (Å²) in [6, 6.07) is 26.1. The van der Waals surface area contributed by atoms with Crippen molar-refractivity contribution in [3.63, 3.8) is 0 Å². The highest BCUT2D eigenvalue weighted by molar-refractivity contribution is 5.76. The number of aromatic nitrogens is 4. The number of fused-ring (bicyclic) bond motifs is 1. The monoisotopic (exact) mass is 579 g/mol. The highest BCUT2D eigenvalue weighted by Crippen LogP contribution is 2.24. The van der Waals surface area contributed by atoms with Crippen LogP contribution in [0.15, 0.2) is 85.2 Å². The minimum atomic E-state index is -0.151. The van der Waals surface area contributed by atoms with Gasteiger partial charge in [0.25, 0.3) is 0 Å². The zero-order chi connectivity index (χ0) is 29.9. The van der Waals surface area contributed by atoms with E-state index in [4.69, 9.17) is 24.4 Å². The van der Waals surface area contributed by atoms with Crippen molar-refractivity contribution in [2.45, 2.75) is 45.1 Å². The zero-order valence-corrected chi connectivity index (χ0v) is 24.7. The average molecular weight is 580 g/mol. The lowest BCUT2D eigenvalue weighted by Crippen LogP contribution is -2.06. The first-order valence-electron chi connectivity index (χ1n) is 14.6. The minimum Gasteiger partial charge on any atom is -0.497 e. The summed E-state index contributed by atoms with van der Waals surface area (Å²) in [6.07, 6.45) is 6.71. The molecule has 0 amide bonds. The number of hydrogen-bond acceptors (Lipinski definition) is 8. The molecule has 0 spiro atoms. The molecule has 1 N–H and O–H groups in total. The van der Waals surface area contributed by atoms with E-state index in [0.717, 1.165) is 70.9 Å². The molecule has 0 atom stereocenters. The summed E-state index contributed by atoms with van der Waals surface area (Å²) >= 11 is 0. The number of nitrogens with one attached hydrogen (secondary N) is 1. The molecule has 5 rings (SSSR count). The highest BCUT2D eigenvalue weighted by atomic mass is 16.5. The van der Waals surface area contributed by atoms with Crippen LogP contribution >= 0.6 is 0 Å². The van der Waals surface area contributed by atoms with Gasteiger partial charge in [-0.2, -0.15) is 4.98 Å². The zero-order valence-electron chi connectivity index (χ0n) is 24.7. The van der Waals surface area contributed by atoms with E-state index in [1.165, 1.54) is 7.11 Å². The van der Waals surface area contributed by atoms with Crippen molar-refractivity contribution in [2.75, 3.05) is 26.1 Å². The maximum atomic E-state index is 11.2. The molecule has 0 saturated carbocycles. The Morgan fingerprint density at radius 2 is 1.56 bits per heavy atom. The first kappa shape index (κ1) is 29.6. The molecule has 0 saturated heterocycles. The molecule has 0 aliphatic rings. The maximum Gasteiger partial charge on any atom is 0.305 e. The lowest BCUT2D eigenvalue weighted by atomic mass is 10.1. The van der Waals surface area contributed by atoms with Crippen LogP contribution in [0.2, 0.25) is 0 Å². The molecule has 5 aromatic rings. The van der Waals surface area contributed by atoms with E-state index in [2.05, 4.69) is 22.2 Å². The lowest BCUT2D eigenvalue weighted by Gasteiger charge is -2.11. The van der Waals surface area contributed by atoms with E-state index in [9.17, 15) is 4.79 Å². The molecule has 0 aliphatic heterocycles. The van der Waals surface area contributed by atoms with E-state index in [0.29, 0.717) is 31.9 Å². The Kier molecular flexibility index (Phi) is 10.2. The number of imidazole rings is 1. The number of esters is 1. The van der Waals surface area contributed by atoms with Crippen LogP contribution in [0, 0.1) is 0 Å². The Labute approximate surface area is 251 Å². The van der Waals surface area contributed by atoms with Crippen molar-refractivity contribution in [1.29, 1.82) is 0 Å². The molecular formula is C34H37N5O4. The number of rotatable bonds is 15. The number of carbonyl (C=O) groups is 1. The molecule has 0 aliphatic carbocycles. The van der Waals surface area contributed by atoms with Crippen LogP contribution in [-0.2, 0) is 22.5 Å². The Bertz CT molecular complexity index is 1600. The molecule has 2 heterocycles. The number of hydrogen-bond donors (Lipinski definition) is 1. The van der Waals surface area contributed by atoms with Gasteiger partial charge in [0, 0.05) is 18.5 Å². The number of benzene rings is 3. The quantitative estimate of drug-likeness (QED) is 0.108. The number of nitrogens with zero attached hydrogens (tertiary/aromatic N) is 4. The van der Waals surface area contributed by atoms with Crippen LogP contribution in [0.4, 0.5) is 11.6 Å². The largest absolute Gasteiger partial charge is 0.497 e. The Hall–Kier alpha value is -4.92. The number of ether oxygens (including phenoxy) is 3. The third-order valence-corrected chi connectivity index (χ3v) is 7.14. The number of unbranched alkanes of at least 4 members (excludes halogenated alkanes) is 3. The van der Waals surface area contributed by atoms with Gasteiger partial charge < -0.3 is 24.1 Å². The van der Waals surface area contributed by atoms with E-state index in [1.54, 1.807) is 7.11 Å². The second-order valence-electron chi connectivity index (χ2n) is 10.3. The van der Waals surface area contributed by atoms with Gasteiger partial charge in [0.15, 0.2) is 5.65 Å². The normalized spacial score (nSPS) is 10.9. The summed E-state index contributed by atoms with van der Waals surface area (Å²) in [5, 5.41) is 3.38. The van der Waals surface area contributed by atoms with Gasteiger partial charge in [-0.25, -0.2) is 9.97 Å². The fourth-order valence-corrected chi connectivity index (χ4v) is 4.80. The Morgan fingerprint density at radius 1 is 0.814 bits per heavy atom. The minimum absolute atomic E-state index is 0.151. The van der Waals surface area contributed by atoms with Crippen LogP contribution in [0.1, 0.15) is 48.9 Å². The van der Waals surface area contributed by atoms with Crippen molar-refractivity contribution in [3.8, 4) is 11.5 Å². The lowest BCUT2D eigenvalue weighted by molar-refractivity contribution is -0.140. The summed E-state index contributed by atoms with van der Waals surface area (Å²) in [6.45, 7) is 1.25. The molecule has 9 nitrogen and oxygen atoms in total. The first-order chi connectivity index (χ1) is 21.1. The molecule has 0 fully saturated rings. The summed E-state index contributed by atoms with van der Waals surface area (Å²) < 4.78 is 17.9. The van der Waals surface area contributed by atoms with Gasteiger partial charge in [0.2, 0.25) is 5.95 Å². The third-order valence-electron chi connectivity index (χ3n) is 7.14. The van der Waals surface area contributed by atoms with Gasteiger partial charge in [-0.05, 0) is 60.4 Å². The van der Waals surface area contributed by atoms with Crippen molar-refractivity contribution in [3.05, 3.63) is 102 Å². The maximum absolute atomic E-state index is 11.2. The van der Waals surface area contributed by atoms with Crippen LogP contribution in [-0.4, -0.2) is 46.3 Å². The molecule has 0 radical (unpaired) electrons. The predicted octanol–water partition coefficient (Wildman–Crippen LogP) is 6.72. The fourth-order valence-electron chi connectivity index (χ4n) is 4.80. The molecule has 43 heavy (non-hydrogen) atoms. The molecule has 3 aromatic carbocycles. The SMILES string of the molecule is COC(=O)CCCCCCOc1ccc(Nc2nc(Cc3ccccc3)c3ncn(Cc4ccc(OC)cc4)c3n2)cc1. The summed E-state index contributed by atoms with van der Waals surface area (Å²) in [5.74, 6) is 1.98. The van der Waals surface area contributed by atoms with E-state index >= 15 is 0 Å². The van der Waals surface area contributed by atoms with Crippen LogP contribution in [0.25, 0.3) is 11.2 Å². The number of carbonyl (C=O) groups excluding carboxylic acids is 1. The topological polar surface area (TPSA) is 100 Å². The van der Waals surface area contributed by atoms with Gasteiger partial charge in [-0.15, -0.1) is 0 Å². The first-order valence-corrected chi connectivity index (χ1v) is 14.6. The summed E-state index contributed by atoms with van der Waals surface area (Å²) in [4.78, 5) is 25.7. The van der Waals surface area contributed by atoms with Gasteiger partial charge in [-0.3, -0.25) is 4.79 Å². The molecule has 222 valence electrons. The second-order valence-corrected chi connectivity index (χ2v) is 10.3. The molecular weight excluding hydrogens is 542 g/mol. The molecule has 2 aromatic heterocycles. The van der Waals surface area contributed by atoms with E-state index in [-0.39, 0.29) is 5.97 Å². The van der Waals surface area contributed by atoms with Gasteiger partial charge in [0.1, 0.15) is 17.0 Å². The highest BCUT2D eigenvalue weighted by Gasteiger charge is 2.15. The Balaban J connectivity index is 1.27. The van der Waals surface area contributed by atoms with Crippen molar-refractivity contribution in [1.82, 2.24) is 19.5 Å². The smallest absolute Gasteiger partial charge is 0.305 e. The van der Waals surface area contributed by atoms with Crippen LogP contribution in [0.5, 0.6) is 11.5 Å². The number of anilines is 2. The summed E-state index contributed by atoms with van der Waals surface area (Å²) in [7, 11) is 3.09. The van der Waals surface area contributed by atoms with Crippen molar-refractivity contribution >= 4 is 28.8 Å². The van der Waals surface area contributed by atoms with Crippen molar-refractivity contribution in [2.24, 2.45) is 0 Å². The van der Waals surface area contributed by atoms with E-state index in [1.807, 2.05) is 77.6 Å². The second kappa shape index (κ2) is 14.8. The molecule has 9 heteroatoms. The number of methoxy groups -OCH3 is 2. The summed E-state index contributed by atoms with van der Waals surface area (Å²) in [5.41, 5.74) is 5.56. The van der Waals surface area contributed by atoms with Gasteiger partial charge in [-0.1, -0.05) is 55.3 Å². The molecule has 0 unspecified atom stereocenters. The third kappa shape index (κ3) is 8.31. The Morgan fingerprint density at radius 3 is 2.30 bits per heavy atom. The molecule has 0 bridgehead atoms. The standard InChI is InChI=1S/C34H37N5O4/c1-41-28-17-13-26(14-18-28)23-39-24-35-32-30(22-25-10-6-5-7-11-25)37-34(38-33(32)39)36-27-15-19-29(20-16-27)43-21-9-4-3-8-12-31(40)42-2/h5-7,10-11,13-20,24H,3-4,8-9,12,21-23H2,1-2H3,(H,36,37,38). The van der Waals surface area contributed by atoms with Crippen molar-refractivity contribution < 1.29 is 19.0 Å². The predicted molar refractivity (Wildman–Crippen MR) is 167 cm³/mol. The van der Waals surface area contributed by atoms with Crippen LogP contribution < -0.4 is 14.8 Å². The van der Waals surface area contributed by atoms with Crippen LogP contribution in [0.3, 0.4) is 0 Å². The van der Waals surface area contributed by atoms with E-state index < -0.39 is 0 Å². The average Bonchev–Trinajstić information content (AvgIpc) is 3.44.